The van der Waals surface area contributed by atoms with E-state index in [2.05, 4.69) is 0 Å². The highest BCUT2D eigenvalue weighted by molar-refractivity contribution is 7.91. The molecular formula is C18H25NO6S. The maximum absolute atomic E-state index is 12.5. The second-order valence-corrected chi connectivity index (χ2v) is 9.32. The van der Waals surface area contributed by atoms with Crippen molar-refractivity contribution >= 4 is 21.7 Å². The number of carbonyl (C=O) groups is 2. The van der Waals surface area contributed by atoms with Crippen LogP contribution in [0.1, 0.15) is 36.2 Å². The van der Waals surface area contributed by atoms with Crippen molar-refractivity contribution in [3.63, 3.8) is 0 Å². The van der Waals surface area contributed by atoms with Gasteiger partial charge in [0.1, 0.15) is 11.3 Å². The molecule has 144 valence electrons. The van der Waals surface area contributed by atoms with Gasteiger partial charge in [-0.15, -0.1) is 0 Å². The minimum Gasteiger partial charge on any atom is -0.507 e. The van der Waals surface area contributed by atoms with Gasteiger partial charge in [0.25, 0.3) is 5.91 Å². The first-order chi connectivity index (χ1) is 12.1. The number of aromatic hydroxyl groups is 1. The summed E-state index contributed by atoms with van der Waals surface area (Å²) in [5.74, 6) is -1.27. The lowest BCUT2D eigenvalue weighted by Gasteiger charge is -2.29. The number of phenolic OH excluding ortho intramolecular Hbond substituents is 1. The number of phenols is 1. The van der Waals surface area contributed by atoms with E-state index in [9.17, 15) is 23.1 Å². The summed E-state index contributed by atoms with van der Waals surface area (Å²) in [6.45, 7) is 5.54. The van der Waals surface area contributed by atoms with Crippen LogP contribution in [0.15, 0.2) is 18.2 Å². The first-order valence-corrected chi connectivity index (χ1v) is 10.4. The molecule has 2 rings (SSSR count). The molecular weight excluding hydrogens is 358 g/mol. The average molecular weight is 383 g/mol. The number of nitrogens with zero attached hydrogens (tertiary/aromatic N) is 1. The molecule has 1 atom stereocenters. The van der Waals surface area contributed by atoms with Crippen molar-refractivity contribution in [2.45, 2.75) is 33.2 Å². The van der Waals surface area contributed by atoms with Crippen LogP contribution in [0.3, 0.4) is 0 Å². The fourth-order valence-electron chi connectivity index (χ4n) is 2.97. The lowest BCUT2D eigenvalue weighted by Crippen LogP contribution is -2.45. The number of ether oxygens (including phenoxy) is 1. The van der Waals surface area contributed by atoms with Crippen LogP contribution < -0.4 is 0 Å². The van der Waals surface area contributed by atoms with E-state index in [4.69, 9.17) is 4.74 Å². The smallest absolute Gasteiger partial charge is 0.342 e. The van der Waals surface area contributed by atoms with Crippen molar-refractivity contribution in [2.75, 3.05) is 24.7 Å². The van der Waals surface area contributed by atoms with E-state index in [1.807, 2.05) is 13.8 Å². The number of esters is 1. The zero-order valence-corrected chi connectivity index (χ0v) is 16.1. The van der Waals surface area contributed by atoms with Crippen LogP contribution in [0.25, 0.3) is 0 Å². The highest BCUT2D eigenvalue weighted by Crippen LogP contribution is 2.21. The fourth-order valence-corrected chi connectivity index (χ4v) is 4.70. The third kappa shape index (κ3) is 5.20. The van der Waals surface area contributed by atoms with Crippen molar-refractivity contribution in [3.05, 3.63) is 29.3 Å². The number of amides is 1. The molecule has 1 heterocycles. The van der Waals surface area contributed by atoms with Gasteiger partial charge in [-0.3, -0.25) is 4.79 Å². The van der Waals surface area contributed by atoms with Crippen LogP contribution in [0.2, 0.25) is 0 Å². The molecule has 0 radical (unpaired) electrons. The maximum atomic E-state index is 12.5. The first-order valence-electron chi connectivity index (χ1n) is 8.55. The fraction of sp³-hybridized carbons (Fsp3) is 0.556. The van der Waals surface area contributed by atoms with Gasteiger partial charge in [0.05, 0.1) is 11.5 Å². The lowest BCUT2D eigenvalue weighted by atomic mass is 10.1. The largest absolute Gasteiger partial charge is 0.507 e. The van der Waals surface area contributed by atoms with Gasteiger partial charge >= 0.3 is 5.97 Å². The zero-order valence-electron chi connectivity index (χ0n) is 15.3. The van der Waals surface area contributed by atoms with Crippen LogP contribution in [-0.4, -0.2) is 61.0 Å². The van der Waals surface area contributed by atoms with E-state index in [1.54, 1.807) is 13.0 Å². The molecule has 0 saturated carbocycles. The van der Waals surface area contributed by atoms with E-state index in [0.29, 0.717) is 13.0 Å². The van der Waals surface area contributed by atoms with E-state index in [1.165, 1.54) is 17.0 Å². The predicted octanol–water partition coefficient (Wildman–Crippen LogP) is 1.53. The summed E-state index contributed by atoms with van der Waals surface area (Å²) in [7, 11) is -3.13. The molecule has 8 heteroatoms. The Morgan fingerprint density at radius 3 is 2.58 bits per heavy atom. The van der Waals surface area contributed by atoms with Crippen LogP contribution in [0.4, 0.5) is 0 Å². The van der Waals surface area contributed by atoms with Gasteiger partial charge in [0, 0.05) is 12.6 Å². The summed E-state index contributed by atoms with van der Waals surface area (Å²) >= 11 is 0. The van der Waals surface area contributed by atoms with Crippen molar-refractivity contribution in [2.24, 2.45) is 5.92 Å². The van der Waals surface area contributed by atoms with Gasteiger partial charge < -0.3 is 14.7 Å². The number of hydrogen-bond donors (Lipinski definition) is 1. The number of sulfone groups is 1. The monoisotopic (exact) mass is 383 g/mol. The molecule has 1 N–H and O–H groups in total. The number of aryl methyl sites for hydroxylation is 1. The molecule has 0 bridgehead atoms. The first kappa shape index (κ1) is 20.2. The molecule has 1 aromatic carbocycles. The van der Waals surface area contributed by atoms with E-state index in [-0.39, 0.29) is 34.8 Å². The van der Waals surface area contributed by atoms with Gasteiger partial charge in [0.15, 0.2) is 16.4 Å². The van der Waals surface area contributed by atoms with Gasteiger partial charge in [-0.2, -0.15) is 0 Å². The van der Waals surface area contributed by atoms with Gasteiger partial charge in [-0.05, 0) is 37.0 Å². The van der Waals surface area contributed by atoms with E-state index >= 15 is 0 Å². The predicted molar refractivity (Wildman–Crippen MR) is 96.7 cm³/mol. The molecule has 1 aliphatic heterocycles. The number of carbonyl (C=O) groups excluding carboxylic acids is 2. The van der Waals surface area contributed by atoms with Gasteiger partial charge in [-0.1, -0.05) is 19.9 Å². The van der Waals surface area contributed by atoms with E-state index < -0.39 is 28.3 Å². The van der Waals surface area contributed by atoms with Crippen LogP contribution in [0, 0.1) is 12.8 Å². The topological polar surface area (TPSA) is 101 Å². The number of hydrogen-bond acceptors (Lipinski definition) is 6. The van der Waals surface area contributed by atoms with Crippen molar-refractivity contribution in [1.29, 1.82) is 0 Å². The molecule has 7 nitrogen and oxygen atoms in total. The van der Waals surface area contributed by atoms with Gasteiger partial charge in [-0.25, -0.2) is 13.2 Å². The van der Waals surface area contributed by atoms with Gasteiger partial charge in [0.2, 0.25) is 0 Å². The molecule has 0 aliphatic carbocycles. The second kappa shape index (κ2) is 8.07. The molecule has 1 amide bonds. The average Bonchev–Trinajstić information content (AvgIpc) is 2.89. The second-order valence-electron chi connectivity index (χ2n) is 7.09. The molecule has 0 spiro atoms. The van der Waals surface area contributed by atoms with Crippen molar-refractivity contribution < 1.29 is 27.9 Å². The summed E-state index contributed by atoms with van der Waals surface area (Å²) in [6.07, 6.45) is 0.396. The Kier molecular flexibility index (Phi) is 6.28. The molecule has 0 aromatic heterocycles. The molecule has 26 heavy (non-hydrogen) atoms. The minimum absolute atomic E-state index is 0.0118. The van der Waals surface area contributed by atoms with E-state index in [0.717, 1.165) is 5.56 Å². The molecule has 1 saturated heterocycles. The Morgan fingerprint density at radius 1 is 1.35 bits per heavy atom. The zero-order chi connectivity index (χ0) is 19.5. The van der Waals surface area contributed by atoms with Crippen molar-refractivity contribution in [3.8, 4) is 5.75 Å². The summed E-state index contributed by atoms with van der Waals surface area (Å²) in [4.78, 5) is 26.1. The number of benzene rings is 1. The summed E-state index contributed by atoms with van der Waals surface area (Å²) in [6, 6.07) is 4.15. The minimum atomic E-state index is -3.13. The molecule has 1 aromatic rings. The highest BCUT2D eigenvalue weighted by Gasteiger charge is 2.35. The third-order valence-electron chi connectivity index (χ3n) is 4.23. The quantitative estimate of drug-likeness (QED) is 0.748. The molecule has 1 aliphatic rings. The highest BCUT2D eigenvalue weighted by atomic mass is 32.2. The maximum Gasteiger partial charge on any atom is 0.342 e. The number of rotatable bonds is 6. The Morgan fingerprint density at radius 2 is 2.04 bits per heavy atom. The Bertz CT molecular complexity index is 787. The van der Waals surface area contributed by atoms with Crippen LogP contribution >= 0.6 is 0 Å². The lowest BCUT2D eigenvalue weighted by molar-refractivity contribution is -0.137. The summed E-state index contributed by atoms with van der Waals surface area (Å²) < 4.78 is 28.5. The molecule has 1 unspecified atom stereocenters. The van der Waals surface area contributed by atoms with Crippen molar-refractivity contribution in [1.82, 2.24) is 4.90 Å². The Hall–Kier alpha value is -2.09. The van der Waals surface area contributed by atoms with Crippen LogP contribution in [0.5, 0.6) is 5.75 Å². The SMILES string of the molecule is Cc1ccc(C(=O)OCC(=O)N(CC(C)C)C2CCS(=O)(=O)C2)c(O)c1. The Balaban J connectivity index is 2.03. The molecule has 1 fully saturated rings. The van der Waals surface area contributed by atoms with Crippen LogP contribution in [-0.2, 0) is 19.4 Å². The standard InChI is InChI=1S/C18H25NO6S/c1-12(2)9-19(14-6-7-26(23,24)11-14)17(21)10-25-18(22)15-5-4-13(3)8-16(15)20/h4-5,8,12,14,20H,6-7,9-11H2,1-3H3. The Labute approximate surface area is 153 Å². The normalized spacial score (nSPS) is 18.7. The summed E-state index contributed by atoms with van der Waals surface area (Å²) in [5, 5.41) is 9.82. The third-order valence-corrected chi connectivity index (χ3v) is 5.98. The summed E-state index contributed by atoms with van der Waals surface area (Å²) in [5.41, 5.74) is 0.780.